The van der Waals surface area contributed by atoms with E-state index in [2.05, 4.69) is 42.5 Å². The van der Waals surface area contributed by atoms with Gasteiger partial charge in [0.25, 0.3) is 5.69 Å². The summed E-state index contributed by atoms with van der Waals surface area (Å²) in [6.07, 6.45) is 0. The number of nitro benzene ring substituents is 1. The lowest BCUT2D eigenvalue weighted by Crippen LogP contribution is -2.22. The van der Waals surface area contributed by atoms with Crippen LogP contribution in [0.2, 0.25) is 0 Å². The summed E-state index contributed by atoms with van der Waals surface area (Å²) in [6.45, 7) is 1.75. The van der Waals surface area contributed by atoms with Gasteiger partial charge in [0.05, 0.1) is 11.5 Å². The van der Waals surface area contributed by atoms with Crippen LogP contribution in [0.25, 0.3) is 0 Å². The van der Waals surface area contributed by atoms with Crippen LogP contribution in [-0.2, 0) is 4.79 Å². The highest BCUT2D eigenvalue weighted by atomic mass is 79.9. The van der Waals surface area contributed by atoms with Crippen molar-refractivity contribution in [2.24, 2.45) is 0 Å². The number of rotatable bonds is 5. The van der Waals surface area contributed by atoms with Crippen molar-refractivity contribution in [3.8, 4) is 0 Å². The van der Waals surface area contributed by atoms with Crippen molar-refractivity contribution in [3.05, 3.63) is 61.0 Å². The van der Waals surface area contributed by atoms with Crippen molar-refractivity contribution in [2.75, 3.05) is 17.2 Å². The van der Waals surface area contributed by atoms with Gasteiger partial charge in [0.1, 0.15) is 5.69 Å². The average molecular weight is 443 g/mol. The van der Waals surface area contributed by atoms with Crippen molar-refractivity contribution < 1.29 is 9.72 Å². The SMILES string of the molecule is Cc1ccc(NC(=O)CNc2ccc(Br)cc2Br)c([N+](=O)[O-])c1. The number of hydrogen-bond donors (Lipinski definition) is 2. The van der Waals surface area contributed by atoms with Gasteiger partial charge in [-0.1, -0.05) is 22.0 Å². The van der Waals surface area contributed by atoms with Crippen LogP contribution in [-0.4, -0.2) is 17.4 Å². The second-order valence-corrected chi connectivity index (χ2v) is 6.57. The van der Waals surface area contributed by atoms with E-state index in [9.17, 15) is 14.9 Å². The third-order valence-corrected chi connectivity index (χ3v) is 4.14. The number of anilines is 2. The second-order valence-electron chi connectivity index (χ2n) is 4.80. The van der Waals surface area contributed by atoms with Gasteiger partial charge in [-0.15, -0.1) is 0 Å². The molecule has 8 heteroatoms. The molecule has 2 aromatic rings. The zero-order valence-electron chi connectivity index (χ0n) is 12.1. The van der Waals surface area contributed by atoms with Crippen molar-refractivity contribution in [3.63, 3.8) is 0 Å². The fourth-order valence-electron chi connectivity index (χ4n) is 1.90. The van der Waals surface area contributed by atoms with E-state index >= 15 is 0 Å². The van der Waals surface area contributed by atoms with Crippen LogP contribution in [0, 0.1) is 17.0 Å². The Kier molecular flexibility index (Phi) is 5.73. The number of nitro groups is 1. The van der Waals surface area contributed by atoms with Gasteiger partial charge in [0.15, 0.2) is 0 Å². The van der Waals surface area contributed by atoms with E-state index in [4.69, 9.17) is 0 Å². The molecule has 0 unspecified atom stereocenters. The summed E-state index contributed by atoms with van der Waals surface area (Å²) < 4.78 is 1.72. The number of nitrogens with one attached hydrogen (secondary N) is 2. The standard InChI is InChI=1S/C15H13Br2N3O3/c1-9-2-4-13(14(6-9)20(22)23)19-15(21)8-18-12-5-3-10(16)7-11(12)17/h2-7,18H,8H2,1H3,(H,19,21). The lowest BCUT2D eigenvalue weighted by Gasteiger charge is -2.10. The molecule has 0 aromatic heterocycles. The van der Waals surface area contributed by atoms with E-state index in [1.165, 1.54) is 12.1 Å². The third-order valence-electron chi connectivity index (χ3n) is 2.99. The molecule has 2 rings (SSSR count). The molecule has 0 spiro atoms. The van der Waals surface area contributed by atoms with E-state index < -0.39 is 4.92 Å². The Bertz CT molecular complexity index is 766. The molecule has 2 aromatic carbocycles. The number of carbonyl (C=O) groups is 1. The summed E-state index contributed by atoms with van der Waals surface area (Å²) in [5.74, 6) is -0.369. The van der Waals surface area contributed by atoms with Gasteiger partial charge in [0, 0.05) is 20.7 Å². The summed E-state index contributed by atoms with van der Waals surface area (Å²) in [6, 6.07) is 10.2. The molecule has 1 amide bonds. The minimum Gasteiger partial charge on any atom is -0.375 e. The van der Waals surface area contributed by atoms with E-state index in [-0.39, 0.29) is 23.8 Å². The number of aryl methyl sites for hydroxylation is 1. The summed E-state index contributed by atoms with van der Waals surface area (Å²) in [7, 11) is 0. The number of benzene rings is 2. The molecule has 0 fully saturated rings. The zero-order valence-corrected chi connectivity index (χ0v) is 15.3. The number of halogens is 2. The Balaban J connectivity index is 2.04. The lowest BCUT2D eigenvalue weighted by atomic mass is 10.2. The summed E-state index contributed by atoms with van der Waals surface area (Å²) >= 11 is 6.74. The van der Waals surface area contributed by atoms with Crippen molar-refractivity contribution in [2.45, 2.75) is 6.92 Å². The number of nitrogens with zero attached hydrogens (tertiary/aromatic N) is 1. The maximum atomic E-state index is 12.0. The normalized spacial score (nSPS) is 10.2. The maximum absolute atomic E-state index is 12.0. The minimum atomic E-state index is -0.513. The van der Waals surface area contributed by atoms with Gasteiger partial charge in [-0.3, -0.25) is 14.9 Å². The van der Waals surface area contributed by atoms with Crippen molar-refractivity contribution in [1.29, 1.82) is 0 Å². The maximum Gasteiger partial charge on any atom is 0.293 e. The van der Waals surface area contributed by atoms with E-state index in [1.807, 2.05) is 18.2 Å². The molecular weight excluding hydrogens is 430 g/mol. The molecule has 23 heavy (non-hydrogen) atoms. The molecule has 0 bridgehead atoms. The Morgan fingerprint density at radius 3 is 2.52 bits per heavy atom. The first-order valence-electron chi connectivity index (χ1n) is 6.60. The predicted octanol–water partition coefficient (Wildman–Crippen LogP) is 4.48. The fraction of sp³-hybridized carbons (Fsp3) is 0.133. The summed E-state index contributed by atoms with van der Waals surface area (Å²) in [5, 5.41) is 16.6. The highest BCUT2D eigenvalue weighted by Crippen LogP contribution is 2.27. The Labute approximate surface area is 149 Å². The third kappa shape index (κ3) is 4.77. The van der Waals surface area contributed by atoms with Gasteiger partial charge in [-0.05, 0) is 52.7 Å². The van der Waals surface area contributed by atoms with E-state index in [1.54, 1.807) is 13.0 Å². The Hall–Kier alpha value is -1.93. The summed E-state index contributed by atoms with van der Waals surface area (Å²) in [4.78, 5) is 22.5. The smallest absolute Gasteiger partial charge is 0.293 e. The Morgan fingerprint density at radius 2 is 1.87 bits per heavy atom. The van der Waals surface area contributed by atoms with Crippen LogP contribution < -0.4 is 10.6 Å². The van der Waals surface area contributed by atoms with Crippen molar-refractivity contribution >= 4 is 54.8 Å². The first-order valence-corrected chi connectivity index (χ1v) is 8.19. The first-order chi connectivity index (χ1) is 10.9. The molecule has 0 heterocycles. The molecule has 0 saturated heterocycles. The van der Waals surface area contributed by atoms with Gasteiger partial charge >= 0.3 is 0 Å². The quantitative estimate of drug-likeness (QED) is 0.528. The van der Waals surface area contributed by atoms with Crippen LogP contribution in [0.15, 0.2) is 45.3 Å². The molecular formula is C15H13Br2N3O3. The Morgan fingerprint density at radius 1 is 1.17 bits per heavy atom. The van der Waals surface area contributed by atoms with Crippen LogP contribution >= 0.6 is 31.9 Å². The molecule has 0 aliphatic rings. The van der Waals surface area contributed by atoms with Crippen molar-refractivity contribution in [1.82, 2.24) is 0 Å². The van der Waals surface area contributed by atoms with Gasteiger partial charge in [0.2, 0.25) is 5.91 Å². The highest BCUT2D eigenvalue weighted by Gasteiger charge is 2.16. The molecule has 6 nitrogen and oxygen atoms in total. The number of carbonyl (C=O) groups excluding carboxylic acids is 1. The highest BCUT2D eigenvalue weighted by molar-refractivity contribution is 9.11. The lowest BCUT2D eigenvalue weighted by molar-refractivity contribution is -0.384. The van der Waals surface area contributed by atoms with Gasteiger partial charge < -0.3 is 10.6 Å². The van der Waals surface area contributed by atoms with Gasteiger partial charge in [-0.2, -0.15) is 0 Å². The molecule has 120 valence electrons. The van der Waals surface area contributed by atoms with E-state index in [0.717, 1.165) is 20.2 Å². The largest absolute Gasteiger partial charge is 0.375 e. The molecule has 0 saturated carbocycles. The first kappa shape index (κ1) is 17.4. The molecule has 0 aliphatic carbocycles. The number of hydrogen-bond acceptors (Lipinski definition) is 4. The summed E-state index contributed by atoms with van der Waals surface area (Å²) in [5.41, 5.74) is 1.57. The molecule has 0 radical (unpaired) electrons. The van der Waals surface area contributed by atoms with Crippen LogP contribution in [0.3, 0.4) is 0 Å². The fourth-order valence-corrected chi connectivity index (χ4v) is 3.09. The zero-order chi connectivity index (χ0) is 17.0. The predicted molar refractivity (Wildman–Crippen MR) is 96.8 cm³/mol. The minimum absolute atomic E-state index is 0.00867. The van der Waals surface area contributed by atoms with Crippen LogP contribution in [0.5, 0.6) is 0 Å². The van der Waals surface area contributed by atoms with E-state index in [0.29, 0.717) is 0 Å². The van der Waals surface area contributed by atoms with Gasteiger partial charge in [-0.25, -0.2) is 0 Å². The molecule has 0 aliphatic heterocycles. The topological polar surface area (TPSA) is 84.3 Å². The second kappa shape index (κ2) is 7.56. The molecule has 2 N–H and O–H groups in total. The molecule has 0 atom stereocenters. The van der Waals surface area contributed by atoms with Crippen LogP contribution in [0.1, 0.15) is 5.56 Å². The average Bonchev–Trinajstić information content (AvgIpc) is 2.48. The monoisotopic (exact) mass is 441 g/mol. The van der Waals surface area contributed by atoms with Crippen LogP contribution in [0.4, 0.5) is 17.1 Å². The number of amides is 1.